The number of hydrogen-bond donors (Lipinski definition) is 2. The molecule has 0 amide bonds. The van der Waals surface area contributed by atoms with Crippen molar-refractivity contribution in [2.45, 2.75) is 32.4 Å². The van der Waals surface area contributed by atoms with E-state index >= 15 is 0 Å². The molecule has 1 heterocycles. The van der Waals surface area contributed by atoms with Crippen LogP contribution in [0.5, 0.6) is 0 Å². The average Bonchev–Trinajstić information content (AvgIpc) is 2.73. The molecule has 1 saturated heterocycles. The van der Waals surface area contributed by atoms with Crippen LogP contribution in [0, 0.1) is 29.9 Å². The van der Waals surface area contributed by atoms with E-state index in [0.29, 0.717) is 29.3 Å². The Bertz CT molecular complexity index is 935. The fraction of sp³-hybridized carbons (Fsp3) is 0.364. The number of halogens is 2. The highest BCUT2D eigenvalue weighted by molar-refractivity contribution is 5.80. The van der Waals surface area contributed by atoms with Crippen molar-refractivity contribution < 1.29 is 8.78 Å². The van der Waals surface area contributed by atoms with E-state index in [4.69, 9.17) is 5.26 Å². The maximum atomic E-state index is 14.3. The average molecular weight is 397 g/mol. The fourth-order valence-corrected chi connectivity index (χ4v) is 3.51. The third-order valence-electron chi connectivity index (χ3n) is 5.06. The Morgan fingerprint density at radius 3 is 2.79 bits per heavy atom. The number of guanidine groups is 1. The zero-order valence-corrected chi connectivity index (χ0v) is 16.7. The Hall–Kier alpha value is -3.14. The first-order valence-electron chi connectivity index (χ1n) is 9.67. The molecule has 1 fully saturated rings. The lowest BCUT2D eigenvalue weighted by Crippen LogP contribution is -2.51. The number of rotatable bonds is 4. The summed E-state index contributed by atoms with van der Waals surface area (Å²) in [6.45, 7) is 3.67. The van der Waals surface area contributed by atoms with Gasteiger partial charge in [-0.1, -0.05) is 12.1 Å². The number of piperidine rings is 1. The van der Waals surface area contributed by atoms with Crippen LogP contribution in [-0.2, 0) is 6.54 Å². The van der Waals surface area contributed by atoms with Gasteiger partial charge in [-0.3, -0.25) is 4.99 Å². The maximum Gasteiger partial charge on any atom is 0.191 e. The second kappa shape index (κ2) is 9.37. The van der Waals surface area contributed by atoms with Gasteiger partial charge in [-0.05, 0) is 49.6 Å². The van der Waals surface area contributed by atoms with Crippen LogP contribution in [0.3, 0.4) is 0 Å². The van der Waals surface area contributed by atoms with Gasteiger partial charge in [0.2, 0.25) is 0 Å². The van der Waals surface area contributed by atoms with Crippen LogP contribution in [0.4, 0.5) is 14.5 Å². The molecule has 1 aliphatic rings. The van der Waals surface area contributed by atoms with E-state index in [1.807, 2.05) is 19.1 Å². The molecule has 5 nitrogen and oxygen atoms in total. The zero-order valence-electron chi connectivity index (χ0n) is 16.7. The third kappa shape index (κ3) is 5.23. The number of aryl methyl sites for hydroxylation is 1. The van der Waals surface area contributed by atoms with Gasteiger partial charge in [-0.25, -0.2) is 8.78 Å². The van der Waals surface area contributed by atoms with Crippen molar-refractivity contribution in [3.63, 3.8) is 0 Å². The minimum atomic E-state index is -0.425. The van der Waals surface area contributed by atoms with E-state index in [1.54, 1.807) is 25.2 Å². The van der Waals surface area contributed by atoms with Gasteiger partial charge in [0.05, 0.1) is 17.3 Å². The van der Waals surface area contributed by atoms with Crippen molar-refractivity contribution in [3.8, 4) is 6.07 Å². The Morgan fingerprint density at radius 1 is 1.24 bits per heavy atom. The highest BCUT2D eigenvalue weighted by Crippen LogP contribution is 2.24. The summed E-state index contributed by atoms with van der Waals surface area (Å²) in [5.74, 6) is -0.0776. The Balaban J connectivity index is 1.60. The molecule has 0 aromatic heterocycles. The number of anilines is 1. The van der Waals surface area contributed by atoms with Crippen LogP contribution < -0.4 is 15.5 Å². The van der Waals surface area contributed by atoms with E-state index in [-0.39, 0.29) is 18.4 Å². The second-order valence-electron chi connectivity index (χ2n) is 7.23. The molecule has 2 aromatic carbocycles. The maximum absolute atomic E-state index is 14.3. The van der Waals surface area contributed by atoms with Gasteiger partial charge in [0.25, 0.3) is 0 Å². The first kappa shape index (κ1) is 20.6. The van der Waals surface area contributed by atoms with Gasteiger partial charge in [0.1, 0.15) is 11.6 Å². The molecule has 152 valence electrons. The lowest BCUT2D eigenvalue weighted by atomic mass is 10.0. The first-order valence-corrected chi connectivity index (χ1v) is 9.67. The molecule has 1 aliphatic heterocycles. The van der Waals surface area contributed by atoms with E-state index in [0.717, 1.165) is 24.9 Å². The number of nitrogens with one attached hydrogen (secondary N) is 2. The summed E-state index contributed by atoms with van der Waals surface area (Å²) in [4.78, 5) is 6.27. The number of nitrogens with zero attached hydrogens (tertiary/aromatic N) is 3. The molecule has 0 radical (unpaired) electrons. The first-order chi connectivity index (χ1) is 14.0. The molecule has 1 unspecified atom stereocenters. The van der Waals surface area contributed by atoms with Crippen molar-refractivity contribution in [1.82, 2.24) is 10.6 Å². The normalized spacial score (nSPS) is 17.0. The third-order valence-corrected chi connectivity index (χ3v) is 5.06. The molecular weight excluding hydrogens is 372 g/mol. The summed E-state index contributed by atoms with van der Waals surface area (Å²) in [5.41, 5.74) is 2.40. The molecule has 29 heavy (non-hydrogen) atoms. The van der Waals surface area contributed by atoms with Crippen LogP contribution in [0.25, 0.3) is 0 Å². The lowest BCUT2D eigenvalue weighted by molar-refractivity contribution is 0.462. The predicted molar refractivity (Wildman–Crippen MR) is 111 cm³/mol. The zero-order chi connectivity index (χ0) is 20.8. The molecule has 0 spiro atoms. The van der Waals surface area contributed by atoms with Crippen molar-refractivity contribution in [3.05, 3.63) is 64.7 Å². The minimum Gasteiger partial charge on any atom is -0.367 e. The van der Waals surface area contributed by atoms with Crippen LogP contribution in [0.15, 0.2) is 41.4 Å². The molecule has 0 bridgehead atoms. The Labute approximate surface area is 170 Å². The smallest absolute Gasteiger partial charge is 0.191 e. The van der Waals surface area contributed by atoms with Crippen LogP contribution in [0.1, 0.15) is 29.5 Å². The van der Waals surface area contributed by atoms with E-state index in [9.17, 15) is 8.78 Å². The summed E-state index contributed by atoms with van der Waals surface area (Å²) >= 11 is 0. The SMILES string of the molecule is CN=C(NCc1ccc(C#N)cc1F)NC1CCCN(c2cc(C)ccc2F)C1. The molecular formula is C22H25F2N5. The lowest BCUT2D eigenvalue weighted by Gasteiger charge is -2.35. The Kier molecular flexibility index (Phi) is 6.65. The molecule has 0 aliphatic carbocycles. The number of aliphatic imine (C=N–C) groups is 1. The van der Waals surface area contributed by atoms with Gasteiger partial charge < -0.3 is 15.5 Å². The monoisotopic (exact) mass is 397 g/mol. The van der Waals surface area contributed by atoms with Gasteiger partial charge >= 0.3 is 0 Å². The van der Waals surface area contributed by atoms with Crippen LogP contribution in [0.2, 0.25) is 0 Å². The fourth-order valence-electron chi connectivity index (χ4n) is 3.51. The topological polar surface area (TPSA) is 63.5 Å². The standard InChI is InChI=1S/C22H25F2N5/c1-15-5-8-19(23)21(10-15)29-9-3-4-18(14-29)28-22(26-2)27-13-17-7-6-16(12-25)11-20(17)24/h5-8,10-11,18H,3-4,9,13-14H2,1-2H3,(H2,26,27,28). The van der Waals surface area contributed by atoms with Gasteiger partial charge in [0.15, 0.2) is 5.96 Å². The van der Waals surface area contributed by atoms with Crippen molar-refractivity contribution >= 4 is 11.6 Å². The largest absolute Gasteiger partial charge is 0.367 e. The number of hydrogen-bond acceptors (Lipinski definition) is 3. The molecule has 2 aromatic rings. The Morgan fingerprint density at radius 2 is 2.07 bits per heavy atom. The van der Waals surface area contributed by atoms with Crippen LogP contribution in [-0.4, -0.2) is 32.1 Å². The van der Waals surface area contributed by atoms with Crippen LogP contribution >= 0.6 is 0 Å². The highest BCUT2D eigenvalue weighted by Gasteiger charge is 2.23. The summed E-state index contributed by atoms with van der Waals surface area (Å²) in [6.07, 6.45) is 1.88. The molecule has 7 heteroatoms. The second-order valence-corrected chi connectivity index (χ2v) is 7.23. The molecule has 1 atom stereocenters. The van der Waals surface area contributed by atoms with Gasteiger partial charge in [-0.15, -0.1) is 0 Å². The quantitative estimate of drug-likeness (QED) is 0.613. The molecule has 2 N–H and O–H groups in total. The number of nitriles is 1. The molecule has 3 rings (SSSR count). The summed E-state index contributed by atoms with van der Waals surface area (Å²) in [7, 11) is 1.66. The summed E-state index contributed by atoms with van der Waals surface area (Å²) in [5, 5.41) is 15.3. The van der Waals surface area contributed by atoms with Crippen molar-refractivity contribution in [1.29, 1.82) is 5.26 Å². The minimum absolute atomic E-state index is 0.0978. The van der Waals surface area contributed by atoms with E-state index in [2.05, 4.69) is 20.5 Å². The van der Waals surface area contributed by atoms with Gasteiger partial charge in [0, 0.05) is 38.3 Å². The van der Waals surface area contributed by atoms with Gasteiger partial charge in [-0.2, -0.15) is 5.26 Å². The molecule has 0 saturated carbocycles. The van der Waals surface area contributed by atoms with E-state index < -0.39 is 5.82 Å². The van der Waals surface area contributed by atoms with Crippen molar-refractivity contribution in [2.24, 2.45) is 4.99 Å². The highest BCUT2D eigenvalue weighted by atomic mass is 19.1. The summed E-state index contributed by atoms with van der Waals surface area (Å²) in [6, 6.07) is 11.6. The van der Waals surface area contributed by atoms with E-state index in [1.165, 1.54) is 12.1 Å². The van der Waals surface area contributed by atoms with Crippen molar-refractivity contribution in [2.75, 3.05) is 25.0 Å². The number of benzene rings is 2. The predicted octanol–water partition coefficient (Wildman–Crippen LogP) is 3.48. The summed E-state index contributed by atoms with van der Waals surface area (Å²) < 4.78 is 28.3.